The van der Waals surface area contributed by atoms with Gasteiger partial charge in [-0.05, 0) is 54.0 Å². The highest BCUT2D eigenvalue weighted by atomic mass is 16.2. The SMILES string of the molecule is Cc1ccccc1[C@H](NC(=O)N1CCC2(CC1)CNC(=O)C2)c1ccncc1. The van der Waals surface area contributed by atoms with Crippen LogP contribution in [0.3, 0.4) is 0 Å². The van der Waals surface area contributed by atoms with Crippen molar-refractivity contribution in [3.8, 4) is 0 Å². The van der Waals surface area contributed by atoms with Crippen LogP contribution in [0.2, 0.25) is 0 Å². The van der Waals surface area contributed by atoms with Gasteiger partial charge in [-0.25, -0.2) is 4.79 Å². The van der Waals surface area contributed by atoms with Gasteiger partial charge in [-0.3, -0.25) is 9.78 Å². The normalized spacial score (nSPS) is 19.3. The van der Waals surface area contributed by atoms with Gasteiger partial charge in [0.1, 0.15) is 0 Å². The van der Waals surface area contributed by atoms with Gasteiger partial charge in [-0.1, -0.05) is 24.3 Å². The van der Waals surface area contributed by atoms with Crippen LogP contribution < -0.4 is 10.6 Å². The second-order valence-electron chi connectivity index (χ2n) is 7.96. The molecule has 2 fully saturated rings. The van der Waals surface area contributed by atoms with Gasteiger partial charge in [0.2, 0.25) is 5.91 Å². The van der Waals surface area contributed by atoms with Crippen molar-refractivity contribution in [1.82, 2.24) is 20.5 Å². The number of hydrogen-bond acceptors (Lipinski definition) is 3. The van der Waals surface area contributed by atoms with Crippen LogP contribution in [-0.4, -0.2) is 41.5 Å². The number of hydrogen-bond donors (Lipinski definition) is 2. The van der Waals surface area contributed by atoms with E-state index in [2.05, 4.69) is 34.7 Å². The number of amides is 3. The Morgan fingerprint density at radius 2 is 1.89 bits per heavy atom. The first kappa shape index (κ1) is 18.5. The first-order valence-corrected chi connectivity index (χ1v) is 9.84. The van der Waals surface area contributed by atoms with Crippen molar-refractivity contribution in [3.63, 3.8) is 0 Å². The first-order valence-electron chi connectivity index (χ1n) is 9.84. The van der Waals surface area contributed by atoms with Gasteiger partial charge in [-0.2, -0.15) is 0 Å². The fourth-order valence-electron chi connectivity index (χ4n) is 4.31. The maximum absolute atomic E-state index is 13.1. The van der Waals surface area contributed by atoms with E-state index in [1.54, 1.807) is 12.4 Å². The summed E-state index contributed by atoms with van der Waals surface area (Å²) in [5, 5.41) is 6.17. The minimum atomic E-state index is -0.220. The molecule has 1 spiro atoms. The Morgan fingerprint density at radius 1 is 1.18 bits per heavy atom. The Labute approximate surface area is 165 Å². The average Bonchev–Trinajstić information content (AvgIpc) is 3.08. The van der Waals surface area contributed by atoms with E-state index in [0.717, 1.165) is 36.1 Å². The Bertz CT molecular complexity index is 860. The molecular weight excluding hydrogens is 352 g/mol. The van der Waals surface area contributed by atoms with Crippen molar-refractivity contribution in [2.75, 3.05) is 19.6 Å². The lowest BCUT2D eigenvalue weighted by molar-refractivity contribution is -0.119. The highest BCUT2D eigenvalue weighted by Gasteiger charge is 2.41. The van der Waals surface area contributed by atoms with Crippen LogP contribution in [0.5, 0.6) is 0 Å². The molecule has 0 unspecified atom stereocenters. The van der Waals surface area contributed by atoms with Crippen molar-refractivity contribution >= 4 is 11.9 Å². The molecule has 1 aromatic carbocycles. The van der Waals surface area contributed by atoms with Crippen LogP contribution in [0, 0.1) is 12.3 Å². The Morgan fingerprint density at radius 3 is 2.54 bits per heavy atom. The molecule has 0 saturated carbocycles. The number of carbonyl (C=O) groups is 2. The molecule has 1 atom stereocenters. The topological polar surface area (TPSA) is 74.3 Å². The molecular formula is C22H26N4O2. The summed E-state index contributed by atoms with van der Waals surface area (Å²) in [6.45, 7) is 4.16. The monoisotopic (exact) mass is 378 g/mol. The molecule has 2 saturated heterocycles. The molecule has 6 heteroatoms. The third-order valence-corrected chi connectivity index (χ3v) is 6.11. The summed E-state index contributed by atoms with van der Waals surface area (Å²) in [6.07, 6.45) is 5.82. The molecule has 2 aliphatic heterocycles. The third-order valence-electron chi connectivity index (χ3n) is 6.11. The molecule has 28 heavy (non-hydrogen) atoms. The highest BCUT2D eigenvalue weighted by Crippen LogP contribution is 2.37. The Kier molecular flexibility index (Phi) is 5.03. The lowest BCUT2D eigenvalue weighted by Gasteiger charge is -2.38. The number of nitrogens with zero attached hydrogens (tertiary/aromatic N) is 2. The van der Waals surface area contributed by atoms with E-state index in [1.807, 2.05) is 29.2 Å². The molecule has 2 aromatic rings. The molecule has 3 amide bonds. The summed E-state index contributed by atoms with van der Waals surface area (Å²) < 4.78 is 0. The van der Waals surface area contributed by atoms with E-state index in [9.17, 15) is 9.59 Å². The lowest BCUT2D eigenvalue weighted by atomic mass is 9.78. The smallest absolute Gasteiger partial charge is 0.318 e. The van der Waals surface area contributed by atoms with Crippen molar-refractivity contribution in [3.05, 3.63) is 65.5 Å². The third kappa shape index (κ3) is 3.72. The zero-order valence-electron chi connectivity index (χ0n) is 16.1. The number of likely N-dealkylation sites (tertiary alicyclic amines) is 1. The van der Waals surface area contributed by atoms with Gasteiger partial charge >= 0.3 is 6.03 Å². The Balaban J connectivity index is 1.49. The molecule has 0 aliphatic carbocycles. The highest BCUT2D eigenvalue weighted by molar-refractivity contribution is 5.79. The van der Waals surface area contributed by atoms with Gasteiger partial charge in [-0.15, -0.1) is 0 Å². The van der Waals surface area contributed by atoms with Gasteiger partial charge in [0, 0.05) is 38.4 Å². The summed E-state index contributed by atoms with van der Waals surface area (Å²) in [5.41, 5.74) is 3.27. The van der Waals surface area contributed by atoms with Crippen LogP contribution in [0.15, 0.2) is 48.8 Å². The largest absolute Gasteiger partial charge is 0.356 e. The lowest BCUT2D eigenvalue weighted by Crippen LogP contribution is -2.48. The first-order chi connectivity index (χ1) is 13.6. The zero-order chi connectivity index (χ0) is 19.6. The summed E-state index contributed by atoms with van der Waals surface area (Å²) in [5.74, 6) is 0.134. The van der Waals surface area contributed by atoms with Gasteiger partial charge in [0.15, 0.2) is 0 Å². The van der Waals surface area contributed by atoms with Crippen LogP contribution >= 0.6 is 0 Å². The fourth-order valence-corrected chi connectivity index (χ4v) is 4.31. The molecule has 1 aromatic heterocycles. The number of nitrogens with one attached hydrogen (secondary N) is 2. The number of carbonyl (C=O) groups excluding carboxylic acids is 2. The number of pyridine rings is 1. The van der Waals surface area contributed by atoms with E-state index in [1.165, 1.54) is 0 Å². The van der Waals surface area contributed by atoms with E-state index >= 15 is 0 Å². The van der Waals surface area contributed by atoms with Crippen molar-refractivity contribution in [2.24, 2.45) is 5.41 Å². The quantitative estimate of drug-likeness (QED) is 0.862. The van der Waals surface area contributed by atoms with Crippen LogP contribution in [-0.2, 0) is 4.79 Å². The van der Waals surface area contributed by atoms with Gasteiger partial charge < -0.3 is 15.5 Å². The maximum Gasteiger partial charge on any atom is 0.318 e. The Hall–Kier alpha value is -2.89. The number of aromatic nitrogens is 1. The second-order valence-corrected chi connectivity index (χ2v) is 7.96. The predicted octanol–water partition coefficient (Wildman–Crippen LogP) is 2.79. The fraction of sp³-hybridized carbons (Fsp3) is 0.409. The van der Waals surface area contributed by atoms with E-state index in [4.69, 9.17) is 0 Å². The summed E-state index contributed by atoms with van der Waals surface area (Å²) >= 11 is 0. The molecule has 4 rings (SSSR count). The molecule has 2 aliphatic rings. The number of rotatable bonds is 3. The number of urea groups is 1. The van der Waals surface area contributed by atoms with Gasteiger partial charge in [0.25, 0.3) is 0 Å². The second kappa shape index (κ2) is 7.62. The summed E-state index contributed by atoms with van der Waals surface area (Å²) in [7, 11) is 0. The molecule has 6 nitrogen and oxygen atoms in total. The maximum atomic E-state index is 13.1. The van der Waals surface area contributed by atoms with Crippen LogP contribution in [0.25, 0.3) is 0 Å². The molecule has 0 bridgehead atoms. The van der Waals surface area contributed by atoms with Crippen molar-refractivity contribution in [2.45, 2.75) is 32.2 Å². The van der Waals surface area contributed by atoms with E-state index in [-0.39, 0.29) is 23.4 Å². The van der Waals surface area contributed by atoms with Crippen molar-refractivity contribution < 1.29 is 9.59 Å². The number of piperidine rings is 1. The predicted molar refractivity (Wildman–Crippen MR) is 107 cm³/mol. The molecule has 2 N–H and O–H groups in total. The minimum absolute atomic E-state index is 0.0361. The summed E-state index contributed by atoms with van der Waals surface area (Å²) in [6, 6.07) is 11.7. The van der Waals surface area contributed by atoms with Gasteiger partial charge in [0.05, 0.1) is 6.04 Å². The zero-order valence-corrected chi connectivity index (χ0v) is 16.1. The van der Waals surface area contributed by atoms with Crippen LogP contribution in [0.4, 0.5) is 4.79 Å². The molecule has 0 radical (unpaired) electrons. The minimum Gasteiger partial charge on any atom is -0.356 e. The van der Waals surface area contributed by atoms with Crippen LogP contribution in [0.1, 0.15) is 42.0 Å². The van der Waals surface area contributed by atoms with E-state index < -0.39 is 0 Å². The molecule has 3 heterocycles. The summed E-state index contributed by atoms with van der Waals surface area (Å²) in [4.78, 5) is 30.6. The number of benzene rings is 1. The molecule has 146 valence electrons. The standard InChI is InChI=1S/C22H26N4O2/c1-16-4-2-3-5-18(16)20(17-6-10-23-11-7-17)25-21(28)26-12-8-22(9-13-26)14-19(27)24-15-22/h2-7,10-11,20H,8-9,12-15H2,1H3,(H,24,27)(H,25,28)/t20-/m1/s1. The van der Waals surface area contributed by atoms with Crippen molar-refractivity contribution in [1.29, 1.82) is 0 Å². The van der Waals surface area contributed by atoms with E-state index in [0.29, 0.717) is 19.5 Å². The average molecular weight is 378 g/mol. The number of aryl methyl sites for hydroxylation is 1.